The van der Waals surface area contributed by atoms with E-state index in [2.05, 4.69) is 13.2 Å². The molecular weight excluding hydrogens is 256 g/mol. The van der Waals surface area contributed by atoms with Crippen molar-refractivity contribution in [3.8, 4) is 0 Å². The van der Waals surface area contributed by atoms with Crippen LogP contribution in [-0.4, -0.2) is 36.5 Å². The van der Waals surface area contributed by atoms with E-state index >= 15 is 0 Å². The molecule has 1 N–H and O–H groups in total. The number of hydrogen-bond acceptors (Lipinski definition) is 4. The fraction of sp³-hybridized carbons (Fsp3) is 0.688. The maximum absolute atomic E-state index is 11.7. The number of aliphatic hydroxyl groups excluding tert-OH is 1. The lowest BCUT2D eigenvalue weighted by Crippen LogP contribution is -2.32. The Hall–Kier alpha value is -1.13. The molecule has 4 heteroatoms. The summed E-state index contributed by atoms with van der Waals surface area (Å²) in [6.07, 6.45) is 2.96. The maximum Gasteiger partial charge on any atom is 0.311 e. The summed E-state index contributed by atoms with van der Waals surface area (Å²) in [5, 5.41) is 9.89. The van der Waals surface area contributed by atoms with Crippen LogP contribution in [0.15, 0.2) is 25.3 Å². The minimum Gasteiger partial charge on any atom is -0.465 e. The maximum atomic E-state index is 11.7. The molecule has 1 fully saturated rings. The Kier molecular flexibility index (Phi) is 5.96. The summed E-state index contributed by atoms with van der Waals surface area (Å²) in [6.45, 7) is 13.7. The van der Waals surface area contributed by atoms with E-state index in [4.69, 9.17) is 9.47 Å². The molecule has 20 heavy (non-hydrogen) atoms. The quantitative estimate of drug-likeness (QED) is 0.600. The normalized spacial score (nSPS) is 27.9. The van der Waals surface area contributed by atoms with Crippen LogP contribution in [-0.2, 0) is 14.3 Å². The molecule has 0 amide bonds. The minimum absolute atomic E-state index is 0.0910. The van der Waals surface area contributed by atoms with Crippen molar-refractivity contribution >= 4 is 5.97 Å². The molecule has 1 rings (SSSR count). The minimum atomic E-state index is -0.705. The molecule has 0 aliphatic carbocycles. The zero-order valence-electron chi connectivity index (χ0n) is 12.7. The first-order valence-electron chi connectivity index (χ1n) is 7.03. The monoisotopic (exact) mass is 282 g/mol. The highest BCUT2D eigenvalue weighted by atomic mass is 16.5. The molecule has 0 aromatic heterocycles. The molecule has 0 spiro atoms. The second-order valence-electron chi connectivity index (χ2n) is 6.26. The van der Waals surface area contributed by atoms with Crippen LogP contribution < -0.4 is 0 Å². The van der Waals surface area contributed by atoms with Crippen LogP contribution >= 0.6 is 0 Å². The van der Waals surface area contributed by atoms with Crippen LogP contribution in [0.3, 0.4) is 0 Å². The van der Waals surface area contributed by atoms with E-state index in [9.17, 15) is 9.90 Å². The average molecular weight is 282 g/mol. The van der Waals surface area contributed by atoms with E-state index in [-0.39, 0.29) is 23.9 Å². The van der Waals surface area contributed by atoms with Gasteiger partial charge in [0.2, 0.25) is 0 Å². The van der Waals surface area contributed by atoms with Gasteiger partial charge in [-0.1, -0.05) is 12.2 Å². The molecule has 1 aliphatic heterocycles. The number of carbonyl (C=O) groups is 1. The van der Waals surface area contributed by atoms with Gasteiger partial charge < -0.3 is 14.6 Å². The third-order valence-electron chi connectivity index (χ3n) is 3.63. The van der Waals surface area contributed by atoms with Crippen molar-refractivity contribution in [2.45, 2.75) is 39.4 Å². The van der Waals surface area contributed by atoms with Crippen LogP contribution in [0.25, 0.3) is 0 Å². The lowest BCUT2D eigenvalue weighted by Gasteiger charge is -2.24. The number of hydrogen-bond donors (Lipinski definition) is 1. The first-order chi connectivity index (χ1) is 9.31. The van der Waals surface area contributed by atoms with Crippen molar-refractivity contribution in [2.24, 2.45) is 17.3 Å². The van der Waals surface area contributed by atoms with Gasteiger partial charge in [0.1, 0.15) is 0 Å². The molecule has 0 unspecified atom stereocenters. The highest BCUT2D eigenvalue weighted by Crippen LogP contribution is 2.33. The Morgan fingerprint density at radius 2 is 2.15 bits per heavy atom. The zero-order valence-corrected chi connectivity index (χ0v) is 12.7. The van der Waals surface area contributed by atoms with Crippen LogP contribution in [0.4, 0.5) is 0 Å². The largest absolute Gasteiger partial charge is 0.465 e. The van der Waals surface area contributed by atoms with Crippen molar-refractivity contribution in [1.82, 2.24) is 0 Å². The summed E-state index contributed by atoms with van der Waals surface area (Å²) in [7, 11) is 0. The van der Waals surface area contributed by atoms with E-state index in [1.807, 2.05) is 26.8 Å². The van der Waals surface area contributed by atoms with Gasteiger partial charge in [0.05, 0.1) is 30.8 Å². The lowest BCUT2D eigenvalue weighted by molar-refractivity contribution is -0.153. The number of rotatable bonds is 6. The molecule has 1 saturated heterocycles. The molecular formula is C16H26O4. The standard InChI is InChI=1S/C16H26O4/c1-6-11-10-20-14(13(17)7-2)12(11)8-9-19-15(18)16(3,4)5/h6-7,11-14,17H,1-2,8-10H2,3-5H3/t11-,12-,13-,14+/m0/s1. The first kappa shape index (κ1) is 16.9. The van der Waals surface area contributed by atoms with Gasteiger partial charge in [0.15, 0.2) is 0 Å². The van der Waals surface area contributed by atoms with Gasteiger partial charge in [-0.2, -0.15) is 0 Å². The molecule has 1 heterocycles. The second-order valence-corrected chi connectivity index (χ2v) is 6.26. The summed E-state index contributed by atoms with van der Waals surface area (Å²) in [5.74, 6) is 0.0450. The molecule has 1 aliphatic rings. The number of esters is 1. The fourth-order valence-electron chi connectivity index (χ4n) is 2.32. The van der Waals surface area contributed by atoms with Gasteiger partial charge in [-0.3, -0.25) is 4.79 Å². The summed E-state index contributed by atoms with van der Waals surface area (Å²) in [6, 6.07) is 0. The van der Waals surface area contributed by atoms with Gasteiger partial charge >= 0.3 is 5.97 Å². The molecule has 0 aromatic rings. The molecule has 0 aromatic carbocycles. The van der Waals surface area contributed by atoms with Crippen molar-refractivity contribution in [3.05, 3.63) is 25.3 Å². The molecule has 0 bridgehead atoms. The smallest absolute Gasteiger partial charge is 0.311 e. The van der Waals surface area contributed by atoms with Crippen molar-refractivity contribution in [1.29, 1.82) is 0 Å². The van der Waals surface area contributed by atoms with Crippen molar-refractivity contribution in [3.63, 3.8) is 0 Å². The SMILES string of the molecule is C=C[C@H](O)[C@@H]1OC[C@H](C=C)[C@@H]1CCOC(=O)C(C)(C)C. The highest BCUT2D eigenvalue weighted by Gasteiger charge is 2.38. The zero-order chi connectivity index (χ0) is 15.3. The van der Waals surface area contributed by atoms with Crippen LogP contribution in [0.1, 0.15) is 27.2 Å². The summed E-state index contributed by atoms with van der Waals surface area (Å²) >= 11 is 0. The molecule has 0 saturated carbocycles. The second kappa shape index (κ2) is 7.04. The Bertz CT molecular complexity index is 356. The van der Waals surface area contributed by atoms with E-state index in [0.717, 1.165) is 0 Å². The topological polar surface area (TPSA) is 55.8 Å². The van der Waals surface area contributed by atoms with Gasteiger partial charge in [-0.25, -0.2) is 0 Å². The Morgan fingerprint density at radius 3 is 2.65 bits per heavy atom. The molecule has 114 valence electrons. The third kappa shape index (κ3) is 4.18. The molecule has 0 radical (unpaired) electrons. The third-order valence-corrected chi connectivity index (χ3v) is 3.63. The first-order valence-corrected chi connectivity index (χ1v) is 7.03. The predicted octanol–water partition coefficient (Wildman–Crippen LogP) is 2.33. The van der Waals surface area contributed by atoms with Gasteiger partial charge in [0, 0.05) is 5.92 Å². The van der Waals surface area contributed by atoms with Crippen molar-refractivity contribution < 1.29 is 19.4 Å². The fourth-order valence-corrected chi connectivity index (χ4v) is 2.32. The van der Waals surface area contributed by atoms with Crippen LogP contribution in [0, 0.1) is 17.3 Å². The average Bonchev–Trinajstić information content (AvgIpc) is 2.79. The predicted molar refractivity (Wildman–Crippen MR) is 78.2 cm³/mol. The molecule has 4 nitrogen and oxygen atoms in total. The van der Waals surface area contributed by atoms with Crippen LogP contribution in [0.5, 0.6) is 0 Å². The van der Waals surface area contributed by atoms with E-state index in [1.54, 1.807) is 0 Å². The Balaban J connectivity index is 2.55. The molecule has 4 atom stereocenters. The van der Waals surface area contributed by atoms with Gasteiger partial charge in [-0.15, -0.1) is 13.2 Å². The van der Waals surface area contributed by atoms with E-state index < -0.39 is 11.5 Å². The van der Waals surface area contributed by atoms with Gasteiger partial charge in [-0.05, 0) is 33.1 Å². The van der Waals surface area contributed by atoms with Crippen molar-refractivity contribution in [2.75, 3.05) is 13.2 Å². The number of carbonyl (C=O) groups excluding carboxylic acids is 1. The number of aliphatic hydroxyl groups is 1. The lowest BCUT2D eigenvalue weighted by atomic mass is 9.86. The van der Waals surface area contributed by atoms with Gasteiger partial charge in [0.25, 0.3) is 0 Å². The summed E-state index contributed by atoms with van der Waals surface area (Å²) in [5.41, 5.74) is -0.496. The Labute approximate surface area is 121 Å². The van der Waals surface area contributed by atoms with E-state index in [0.29, 0.717) is 19.6 Å². The van der Waals surface area contributed by atoms with Crippen LogP contribution in [0.2, 0.25) is 0 Å². The Morgan fingerprint density at radius 1 is 1.50 bits per heavy atom. The highest BCUT2D eigenvalue weighted by molar-refractivity contribution is 5.75. The summed E-state index contributed by atoms with van der Waals surface area (Å²) in [4.78, 5) is 11.7. The number of ether oxygens (including phenoxy) is 2. The summed E-state index contributed by atoms with van der Waals surface area (Å²) < 4.78 is 10.9. The van der Waals surface area contributed by atoms with E-state index in [1.165, 1.54) is 6.08 Å².